The molecule has 0 unspecified atom stereocenters. The maximum Gasteiger partial charge on any atom is 0.247 e. The highest BCUT2D eigenvalue weighted by Gasteiger charge is 2.37. The lowest BCUT2D eigenvalue weighted by atomic mass is 9.98. The number of rotatable bonds is 6. The van der Waals surface area contributed by atoms with Crippen molar-refractivity contribution in [3.8, 4) is 11.5 Å². The smallest absolute Gasteiger partial charge is 0.247 e. The van der Waals surface area contributed by atoms with Crippen molar-refractivity contribution in [3.05, 3.63) is 64.8 Å². The minimum atomic E-state index is -3.65. The number of methoxy groups -OCH3 is 1. The van der Waals surface area contributed by atoms with Gasteiger partial charge in [-0.25, -0.2) is 13.4 Å². The maximum atomic E-state index is 12.6. The fourth-order valence-electron chi connectivity index (χ4n) is 3.71. The molecule has 0 spiro atoms. The van der Waals surface area contributed by atoms with Crippen LogP contribution in [-0.4, -0.2) is 43.5 Å². The Kier molecular flexibility index (Phi) is 5.77. The predicted molar refractivity (Wildman–Crippen MR) is 121 cm³/mol. The summed E-state index contributed by atoms with van der Waals surface area (Å²) in [6.07, 6.45) is 1.47. The lowest BCUT2D eigenvalue weighted by Gasteiger charge is -2.22. The highest BCUT2D eigenvalue weighted by atomic mass is 35.5. The quantitative estimate of drug-likeness (QED) is 0.510. The summed E-state index contributed by atoms with van der Waals surface area (Å²) in [4.78, 5) is 4.48. The first kappa shape index (κ1) is 21.4. The van der Waals surface area contributed by atoms with E-state index in [0.29, 0.717) is 41.3 Å². The molecule has 162 valence electrons. The molecule has 3 aromatic rings. The van der Waals surface area contributed by atoms with Crippen LogP contribution in [0.25, 0.3) is 10.9 Å². The van der Waals surface area contributed by atoms with Crippen LogP contribution in [0.5, 0.6) is 11.5 Å². The van der Waals surface area contributed by atoms with Gasteiger partial charge in [0.15, 0.2) is 0 Å². The molecule has 9 heteroatoms. The zero-order chi connectivity index (χ0) is 22.2. The van der Waals surface area contributed by atoms with Gasteiger partial charge in [-0.2, -0.15) is 9.52 Å². The van der Waals surface area contributed by atoms with Crippen LogP contribution in [0.15, 0.2) is 53.6 Å². The molecule has 4 rings (SSSR count). The van der Waals surface area contributed by atoms with E-state index in [4.69, 9.17) is 21.1 Å². The van der Waals surface area contributed by atoms with Crippen LogP contribution in [0.3, 0.4) is 0 Å². The summed E-state index contributed by atoms with van der Waals surface area (Å²) >= 11 is 6.51. The molecule has 1 aromatic heterocycles. The van der Waals surface area contributed by atoms with Gasteiger partial charge < -0.3 is 9.47 Å². The minimum Gasteiger partial charge on any atom is -0.496 e. The van der Waals surface area contributed by atoms with Gasteiger partial charge in [-0.15, -0.1) is 0 Å². The molecule has 31 heavy (non-hydrogen) atoms. The second-order valence-corrected chi connectivity index (χ2v) is 9.36. The van der Waals surface area contributed by atoms with Crippen molar-refractivity contribution in [2.24, 2.45) is 5.10 Å². The molecule has 7 nitrogen and oxygen atoms in total. The van der Waals surface area contributed by atoms with E-state index in [-0.39, 0.29) is 5.15 Å². The van der Waals surface area contributed by atoms with Crippen LogP contribution in [0.2, 0.25) is 5.15 Å². The number of hydrogen-bond donors (Lipinski definition) is 0. The Morgan fingerprint density at radius 3 is 2.68 bits per heavy atom. The van der Waals surface area contributed by atoms with Crippen molar-refractivity contribution < 1.29 is 17.9 Å². The van der Waals surface area contributed by atoms with Gasteiger partial charge in [-0.05, 0) is 43.3 Å². The molecule has 1 aliphatic rings. The highest BCUT2D eigenvalue weighted by molar-refractivity contribution is 7.88. The number of aromatic nitrogens is 1. The van der Waals surface area contributed by atoms with E-state index in [1.165, 1.54) is 0 Å². The van der Waals surface area contributed by atoms with Crippen LogP contribution in [0.1, 0.15) is 30.5 Å². The van der Waals surface area contributed by atoms with Gasteiger partial charge >= 0.3 is 0 Å². The Bertz CT molecular complexity index is 1280. The standard InChI is InChI=1S/C22H22ClN3O4S/c1-4-30-15-9-10-18-14(11-15)12-17(22(23)24-18)20-13-19(25-26(20)31(3,27)28)16-7-5-6-8-21(16)29-2/h5-12,20H,4,13H2,1-3H3/t20-/m1/s1. The maximum absolute atomic E-state index is 12.6. The minimum absolute atomic E-state index is 0.242. The monoisotopic (exact) mass is 459 g/mol. The Morgan fingerprint density at radius 2 is 1.97 bits per heavy atom. The van der Waals surface area contributed by atoms with Crippen molar-refractivity contribution in [2.45, 2.75) is 19.4 Å². The molecule has 0 fully saturated rings. The Balaban J connectivity index is 1.81. The Hall–Kier alpha value is -2.84. The number of benzene rings is 2. The number of halogens is 1. The van der Waals surface area contributed by atoms with Gasteiger partial charge in [-0.3, -0.25) is 0 Å². The van der Waals surface area contributed by atoms with E-state index in [0.717, 1.165) is 21.6 Å². The fraction of sp³-hybridized carbons (Fsp3) is 0.273. The topological polar surface area (TPSA) is 81.1 Å². The number of hydrogen-bond acceptors (Lipinski definition) is 6. The SMILES string of the molecule is CCOc1ccc2nc(Cl)c([C@H]3CC(c4ccccc4OC)=NN3S(C)(=O)=O)cc2c1. The number of para-hydroxylation sites is 1. The van der Waals surface area contributed by atoms with Crippen molar-refractivity contribution in [3.63, 3.8) is 0 Å². The zero-order valence-electron chi connectivity index (χ0n) is 17.4. The molecule has 0 bridgehead atoms. The van der Waals surface area contributed by atoms with Gasteiger partial charge in [0.2, 0.25) is 10.0 Å². The number of pyridine rings is 1. The van der Waals surface area contributed by atoms with Gasteiger partial charge in [0.05, 0.1) is 37.2 Å². The van der Waals surface area contributed by atoms with Gasteiger partial charge in [0.25, 0.3) is 0 Å². The van der Waals surface area contributed by atoms with Crippen LogP contribution in [0.4, 0.5) is 0 Å². The highest BCUT2D eigenvalue weighted by Crippen LogP contribution is 2.40. The number of ether oxygens (including phenoxy) is 2. The molecule has 0 radical (unpaired) electrons. The molecule has 0 saturated heterocycles. The predicted octanol–water partition coefficient (Wildman–Crippen LogP) is 4.41. The summed E-state index contributed by atoms with van der Waals surface area (Å²) in [6.45, 7) is 2.45. The largest absolute Gasteiger partial charge is 0.496 e. The summed E-state index contributed by atoms with van der Waals surface area (Å²) in [7, 11) is -2.08. The zero-order valence-corrected chi connectivity index (χ0v) is 18.9. The van der Waals surface area contributed by atoms with Crippen molar-refractivity contribution in [1.82, 2.24) is 9.40 Å². The van der Waals surface area contributed by atoms with Gasteiger partial charge in [0.1, 0.15) is 16.7 Å². The molecule has 0 amide bonds. The Morgan fingerprint density at radius 1 is 1.19 bits per heavy atom. The first-order valence-corrected chi connectivity index (χ1v) is 12.0. The number of fused-ring (bicyclic) bond motifs is 1. The molecule has 0 N–H and O–H groups in total. The molecule has 0 aliphatic carbocycles. The fourth-order valence-corrected chi connectivity index (χ4v) is 4.88. The molecule has 1 aliphatic heterocycles. The molecule has 1 atom stereocenters. The second kappa shape index (κ2) is 8.36. The summed E-state index contributed by atoms with van der Waals surface area (Å²) in [5.74, 6) is 1.34. The van der Waals surface area contributed by atoms with Crippen LogP contribution < -0.4 is 9.47 Å². The molecule has 2 heterocycles. The van der Waals surface area contributed by atoms with Crippen molar-refractivity contribution >= 4 is 38.2 Å². The third kappa shape index (κ3) is 4.18. The summed E-state index contributed by atoms with van der Waals surface area (Å²) in [6, 6.07) is 14.2. The first-order valence-electron chi connectivity index (χ1n) is 9.75. The average Bonchev–Trinajstić information content (AvgIpc) is 3.19. The van der Waals surface area contributed by atoms with Gasteiger partial charge in [0, 0.05) is 22.9 Å². The summed E-state index contributed by atoms with van der Waals surface area (Å²) in [5, 5.41) is 5.49. The van der Waals surface area contributed by atoms with E-state index in [1.54, 1.807) is 7.11 Å². The normalized spacial score (nSPS) is 16.5. The number of hydrazone groups is 1. The number of sulfonamides is 1. The number of nitrogens with zero attached hydrogens (tertiary/aromatic N) is 3. The molecular formula is C22H22ClN3O4S. The molecular weight excluding hydrogens is 438 g/mol. The van der Waals surface area contributed by atoms with Gasteiger partial charge in [-0.1, -0.05) is 23.7 Å². The molecule has 2 aromatic carbocycles. The average molecular weight is 460 g/mol. The second-order valence-electron chi connectivity index (χ2n) is 7.16. The van der Waals surface area contributed by atoms with Crippen LogP contribution >= 0.6 is 11.6 Å². The van der Waals surface area contributed by atoms with E-state index in [1.807, 2.05) is 55.5 Å². The third-order valence-corrected chi connectivity index (χ3v) is 6.39. The van der Waals surface area contributed by atoms with Crippen molar-refractivity contribution in [2.75, 3.05) is 20.0 Å². The first-order chi connectivity index (χ1) is 14.8. The van der Waals surface area contributed by atoms with Crippen LogP contribution in [-0.2, 0) is 10.0 Å². The van der Waals surface area contributed by atoms with Crippen molar-refractivity contribution in [1.29, 1.82) is 0 Å². The Labute approximate surface area is 186 Å². The summed E-state index contributed by atoms with van der Waals surface area (Å²) in [5.41, 5.74) is 2.63. The lowest BCUT2D eigenvalue weighted by molar-refractivity contribution is 0.340. The van der Waals surface area contributed by atoms with E-state index in [2.05, 4.69) is 10.1 Å². The van der Waals surface area contributed by atoms with Crippen LogP contribution in [0, 0.1) is 0 Å². The third-order valence-electron chi connectivity index (χ3n) is 5.07. The summed E-state index contributed by atoms with van der Waals surface area (Å²) < 4.78 is 37.3. The van der Waals surface area contributed by atoms with E-state index >= 15 is 0 Å². The van der Waals surface area contributed by atoms with E-state index in [9.17, 15) is 8.42 Å². The lowest BCUT2D eigenvalue weighted by Crippen LogP contribution is -2.26. The van der Waals surface area contributed by atoms with E-state index < -0.39 is 16.1 Å². The molecule has 0 saturated carbocycles.